The third-order valence-corrected chi connectivity index (χ3v) is 6.22. The van der Waals surface area contributed by atoms with Gasteiger partial charge in [-0.1, -0.05) is 24.3 Å². The Labute approximate surface area is 127 Å². The molecule has 2 rings (SSSR count). The zero-order valence-electron chi connectivity index (χ0n) is 11.9. The minimum Gasteiger partial charge on any atom is -0.212 e. The van der Waals surface area contributed by atoms with Gasteiger partial charge < -0.3 is 0 Å². The highest BCUT2D eigenvalue weighted by Crippen LogP contribution is 2.23. The van der Waals surface area contributed by atoms with E-state index in [1.807, 2.05) is 0 Å². The summed E-state index contributed by atoms with van der Waals surface area (Å²) in [6.45, 7) is 3.04. The van der Waals surface area contributed by atoms with Crippen molar-refractivity contribution in [3.05, 3.63) is 35.4 Å². The Bertz CT molecular complexity index is 519. The van der Waals surface area contributed by atoms with Crippen molar-refractivity contribution in [2.45, 2.75) is 32.1 Å². The van der Waals surface area contributed by atoms with Crippen molar-refractivity contribution < 1.29 is 8.42 Å². The van der Waals surface area contributed by atoms with Crippen LogP contribution in [0.25, 0.3) is 0 Å². The average Bonchev–Trinajstić information content (AvgIpc) is 2.48. The highest BCUT2D eigenvalue weighted by molar-refractivity contribution is 7.89. The predicted octanol–water partition coefficient (Wildman–Crippen LogP) is 3.03. The van der Waals surface area contributed by atoms with Gasteiger partial charge in [0.1, 0.15) is 0 Å². The molecule has 0 saturated carbocycles. The van der Waals surface area contributed by atoms with Crippen molar-refractivity contribution in [2.24, 2.45) is 5.92 Å². The zero-order chi connectivity index (χ0) is 14.6. The quantitative estimate of drug-likeness (QED) is 0.783. The minimum atomic E-state index is -3.01. The molecular formula is C15H22ClNO2S. The first-order chi connectivity index (χ1) is 9.55. The second-order valence-corrected chi connectivity index (χ2v) is 7.92. The van der Waals surface area contributed by atoms with Gasteiger partial charge in [0.2, 0.25) is 10.0 Å². The first-order valence-corrected chi connectivity index (χ1v) is 9.31. The predicted molar refractivity (Wildman–Crippen MR) is 83.5 cm³/mol. The van der Waals surface area contributed by atoms with Crippen LogP contribution in [-0.4, -0.2) is 31.6 Å². The van der Waals surface area contributed by atoms with Gasteiger partial charge in [0.05, 0.1) is 5.75 Å². The second kappa shape index (κ2) is 6.92. The Kier molecular flexibility index (Phi) is 5.47. The number of halogens is 1. The summed E-state index contributed by atoms with van der Waals surface area (Å²) in [5, 5.41) is 0. The maximum Gasteiger partial charge on any atom is 0.213 e. The highest BCUT2D eigenvalue weighted by atomic mass is 35.5. The molecule has 0 radical (unpaired) electrons. The van der Waals surface area contributed by atoms with Crippen molar-refractivity contribution in [2.75, 3.05) is 18.8 Å². The van der Waals surface area contributed by atoms with Gasteiger partial charge in [0.25, 0.3) is 0 Å². The van der Waals surface area contributed by atoms with Crippen LogP contribution in [0, 0.1) is 5.92 Å². The standard InChI is InChI=1S/C15H22ClNO2S/c1-2-20(18,19)17-9-7-14(8-10-17)11-13-3-5-15(12-16)6-4-13/h3-6,14H,2,7-12H2,1H3. The lowest BCUT2D eigenvalue weighted by Gasteiger charge is -2.31. The number of nitrogens with zero attached hydrogens (tertiary/aromatic N) is 1. The number of piperidine rings is 1. The van der Waals surface area contributed by atoms with Crippen LogP contribution in [-0.2, 0) is 22.3 Å². The molecule has 1 saturated heterocycles. The molecule has 0 spiro atoms. The number of hydrogen-bond acceptors (Lipinski definition) is 2. The summed E-state index contributed by atoms with van der Waals surface area (Å²) in [5.41, 5.74) is 2.45. The molecule has 0 aromatic heterocycles. The molecule has 3 nitrogen and oxygen atoms in total. The Morgan fingerprint density at radius 3 is 2.20 bits per heavy atom. The number of rotatable bonds is 5. The molecule has 112 valence electrons. The first-order valence-electron chi connectivity index (χ1n) is 7.16. The monoisotopic (exact) mass is 315 g/mol. The third kappa shape index (κ3) is 3.96. The number of benzene rings is 1. The van der Waals surface area contributed by atoms with E-state index < -0.39 is 10.0 Å². The van der Waals surface area contributed by atoms with E-state index in [2.05, 4.69) is 24.3 Å². The van der Waals surface area contributed by atoms with Crippen LogP contribution in [0.3, 0.4) is 0 Å². The van der Waals surface area contributed by atoms with Gasteiger partial charge in [0.15, 0.2) is 0 Å². The third-order valence-electron chi connectivity index (χ3n) is 4.03. The molecule has 1 aromatic carbocycles. The number of alkyl halides is 1. The van der Waals surface area contributed by atoms with E-state index in [0.29, 0.717) is 24.9 Å². The van der Waals surface area contributed by atoms with Gasteiger partial charge >= 0.3 is 0 Å². The molecule has 5 heteroatoms. The molecule has 1 aliphatic rings. The number of hydrogen-bond donors (Lipinski definition) is 0. The van der Waals surface area contributed by atoms with Crippen LogP contribution >= 0.6 is 11.6 Å². The molecule has 20 heavy (non-hydrogen) atoms. The fraction of sp³-hybridized carbons (Fsp3) is 0.600. The average molecular weight is 316 g/mol. The molecule has 1 aliphatic heterocycles. The molecule has 0 atom stereocenters. The lowest BCUT2D eigenvalue weighted by Crippen LogP contribution is -2.39. The molecule has 0 amide bonds. The van der Waals surface area contributed by atoms with E-state index >= 15 is 0 Å². The summed E-state index contributed by atoms with van der Waals surface area (Å²) in [4.78, 5) is 0. The van der Waals surface area contributed by atoms with Gasteiger partial charge in [-0.25, -0.2) is 12.7 Å². The summed E-state index contributed by atoms with van der Waals surface area (Å²) in [7, 11) is -3.01. The van der Waals surface area contributed by atoms with Crippen LogP contribution in [0.4, 0.5) is 0 Å². The SMILES string of the molecule is CCS(=O)(=O)N1CCC(Cc2ccc(CCl)cc2)CC1. The van der Waals surface area contributed by atoms with Crippen molar-refractivity contribution in [1.82, 2.24) is 4.31 Å². The molecular weight excluding hydrogens is 294 g/mol. The minimum absolute atomic E-state index is 0.206. The van der Waals surface area contributed by atoms with Gasteiger partial charge in [-0.05, 0) is 43.2 Å². The van der Waals surface area contributed by atoms with Gasteiger partial charge in [-0.3, -0.25) is 0 Å². The molecule has 0 unspecified atom stereocenters. The Morgan fingerprint density at radius 2 is 1.70 bits per heavy atom. The van der Waals surface area contributed by atoms with Crippen molar-refractivity contribution >= 4 is 21.6 Å². The molecule has 0 bridgehead atoms. The fourth-order valence-corrected chi connectivity index (χ4v) is 3.98. The largest absolute Gasteiger partial charge is 0.213 e. The van der Waals surface area contributed by atoms with Gasteiger partial charge in [0, 0.05) is 19.0 Å². The molecule has 1 fully saturated rings. The number of sulfonamides is 1. The van der Waals surface area contributed by atoms with Crippen LogP contribution < -0.4 is 0 Å². The Morgan fingerprint density at radius 1 is 1.15 bits per heavy atom. The van der Waals surface area contributed by atoms with Crippen molar-refractivity contribution in [3.8, 4) is 0 Å². The van der Waals surface area contributed by atoms with Crippen LogP contribution in [0.5, 0.6) is 0 Å². The van der Waals surface area contributed by atoms with E-state index in [-0.39, 0.29) is 5.75 Å². The summed E-state index contributed by atoms with van der Waals surface area (Å²) in [6, 6.07) is 8.40. The first kappa shape index (κ1) is 15.8. The zero-order valence-corrected chi connectivity index (χ0v) is 13.5. The maximum atomic E-state index is 11.8. The maximum absolute atomic E-state index is 11.8. The van der Waals surface area contributed by atoms with E-state index in [1.54, 1.807) is 11.2 Å². The van der Waals surface area contributed by atoms with Crippen LogP contribution in [0.2, 0.25) is 0 Å². The fourth-order valence-electron chi connectivity index (χ4n) is 2.67. The lowest BCUT2D eigenvalue weighted by atomic mass is 9.91. The second-order valence-electron chi connectivity index (χ2n) is 5.40. The van der Waals surface area contributed by atoms with Crippen molar-refractivity contribution in [1.29, 1.82) is 0 Å². The van der Waals surface area contributed by atoms with E-state index in [0.717, 1.165) is 24.8 Å². The molecule has 1 aromatic rings. The molecule has 0 N–H and O–H groups in total. The van der Waals surface area contributed by atoms with Crippen molar-refractivity contribution in [3.63, 3.8) is 0 Å². The normalized spacial score (nSPS) is 18.3. The van der Waals surface area contributed by atoms with Crippen LogP contribution in [0.15, 0.2) is 24.3 Å². The van der Waals surface area contributed by atoms with E-state index in [4.69, 9.17) is 11.6 Å². The molecule has 1 heterocycles. The summed E-state index contributed by atoms with van der Waals surface area (Å²) < 4.78 is 25.2. The van der Waals surface area contributed by atoms with E-state index in [9.17, 15) is 8.42 Å². The highest BCUT2D eigenvalue weighted by Gasteiger charge is 2.26. The smallest absolute Gasteiger partial charge is 0.212 e. The lowest BCUT2D eigenvalue weighted by molar-refractivity contribution is 0.273. The van der Waals surface area contributed by atoms with E-state index in [1.165, 1.54) is 5.56 Å². The van der Waals surface area contributed by atoms with Gasteiger partial charge in [-0.15, -0.1) is 11.6 Å². The topological polar surface area (TPSA) is 37.4 Å². The summed E-state index contributed by atoms with van der Waals surface area (Å²) in [5.74, 6) is 1.34. The Balaban J connectivity index is 1.88. The molecule has 0 aliphatic carbocycles. The summed E-state index contributed by atoms with van der Waals surface area (Å²) in [6.07, 6.45) is 2.94. The Hall–Kier alpha value is -0.580. The summed E-state index contributed by atoms with van der Waals surface area (Å²) >= 11 is 5.78. The van der Waals surface area contributed by atoms with Crippen LogP contribution in [0.1, 0.15) is 30.9 Å². The van der Waals surface area contributed by atoms with Gasteiger partial charge in [-0.2, -0.15) is 0 Å².